The Hall–Kier alpha value is -2.15. The second-order valence-electron chi connectivity index (χ2n) is 4.84. The van der Waals surface area contributed by atoms with Crippen LogP contribution in [0.3, 0.4) is 0 Å². The highest BCUT2D eigenvalue weighted by atomic mass is 16.6. The summed E-state index contributed by atoms with van der Waals surface area (Å²) < 4.78 is 0. The number of hydrogen-bond acceptors (Lipinski definition) is 4. The number of non-ortho nitro benzene ring substituents is 1. The number of anilines is 1. The highest BCUT2D eigenvalue weighted by Gasteiger charge is 2.14. The number of benzene rings is 1. The van der Waals surface area contributed by atoms with E-state index in [1.165, 1.54) is 12.1 Å². The molecule has 0 unspecified atom stereocenters. The third kappa shape index (κ3) is 4.20. The van der Waals surface area contributed by atoms with Crippen molar-refractivity contribution in [3.63, 3.8) is 0 Å². The monoisotopic (exact) mass is 278 g/mol. The third-order valence-corrected chi connectivity index (χ3v) is 3.32. The van der Waals surface area contributed by atoms with Crippen LogP contribution in [0.1, 0.15) is 12.8 Å². The Balaban J connectivity index is 1.81. The minimum absolute atomic E-state index is 0.0406. The lowest BCUT2D eigenvalue weighted by molar-refractivity contribution is -0.384. The standard InChI is InChI=1S/C13H18N4O3/c18-13(15-9-10-4-6-14-7-5-10)16-11-2-1-3-12(8-11)17(19)20/h1-3,8,10,14H,4-7,9H2,(H2,15,16,18). The Morgan fingerprint density at radius 3 is 2.85 bits per heavy atom. The molecule has 1 fully saturated rings. The third-order valence-electron chi connectivity index (χ3n) is 3.32. The number of hydrogen-bond donors (Lipinski definition) is 3. The molecular formula is C13H18N4O3. The van der Waals surface area contributed by atoms with Gasteiger partial charge >= 0.3 is 6.03 Å². The lowest BCUT2D eigenvalue weighted by Crippen LogP contribution is -2.37. The normalized spacial score (nSPS) is 15.6. The Morgan fingerprint density at radius 1 is 1.40 bits per heavy atom. The molecule has 0 radical (unpaired) electrons. The summed E-state index contributed by atoms with van der Waals surface area (Å²) in [7, 11) is 0. The molecule has 0 aromatic heterocycles. The zero-order valence-electron chi connectivity index (χ0n) is 11.1. The summed E-state index contributed by atoms with van der Waals surface area (Å²) in [6.45, 7) is 2.60. The van der Waals surface area contributed by atoms with Crippen LogP contribution in [0.2, 0.25) is 0 Å². The Labute approximate surface area is 116 Å². The molecule has 1 saturated heterocycles. The van der Waals surface area contributed by atoms with Gasteiger partial charge in [0.1, 0.15) is 0 Å². The van der Waals surface area contributed by atoms with Crippen LogP contribution < -0.4 is 16.0 Å². The maximum atomic E-state index is 11.7. The molecule has 108 valence electrons. The maximum absolute atomic E-state index is 11.7. The molecule has 3 N–H and O–H groups in total. The van der Waals surface area contributed by atoms with Crippen LogP contribution in [0.5, 0.6) is 0 Å². The van der Waals surface area contributed by atoms with E-state index in [1.807, 2.05) is 0 Å². The van der Waals surface area contributed by atoms with Gasteiger partial charge in [0.2, 0.25) is 0 Å². The number of amides is 2. The summed E-state index contributed by atoms with van der Waals surface area (Å²) in [4.78, 5) is 21.9. The molecule has 0 atom stereocenters. The summed E-state index contributed by atoms with van der Waals surface area (Å²) >= 11 is 0. The van der Waals surface area contributed by atoms with Crippen LogP contribution in [0, 0.1) is 16.0 Å². The summed E-state index contributed by atoms with van der Waals surface area (Å²) in [5, 5.41) is 19.3. The van der Waals surface area contributed by atoms with E-state index in [2.05, 4.69) is 16.0 Å². The minimum atomic E-state index is -0.488. The largest absolute Gasteiger partial charge is 0.338 e. The lowest BCUT2D eigenvalue weighted by atomic mass is 9.98. The second-order valence-corrected chi connectivity index (χ2v) is 4.84. The first-order valence-corrected chi connectivity index (χ1v) is 6.65. The predicted molar refractivity (Wildman–Crippen MR) is 75.7 cm³/mol. The molecule has 0 spiro atoms. The Bertz CT molecular complexity index is 486. The van der Waals surface area contributed by atoms with Gasteiger partial charge in [0.15, 0.2) is 0 Å². The number of carbonyl (C=O) groups excluding carboxylic acids is 1. The highest BCUT2D eigenvalue weighted by molar-refractivity contribution is 5.89. The van der Waals surface area contributed by atoms with E-state index in [-0.39, 0.29) is 11.7 Å². The van der Waals surface area contributed by atoms with E-state index in [4.69, 9.17) is 0 Å². The fraction of sp³-hybridized carbons (Fsp3) is 0.462. The van der Waals surface area contributed by atoms with E-state index in [1.54, 1.807) is 12.1 Å². The second kappa shape index (κ2) is 6.85. The van der Waals surface area contributed by atoms with Gasteiger partial charge in [0.25, 0.3) is 5.69 Å². The van der Waals surface area contributed by atoms with Crippen LogP contribution in [0.15, 0.2) is 24.3 Å². The van der Waals surface area contributed by atoms with Crippen LogP contribution in [0.25, 0.3) is 0 Å². The number of piperidine rings is 1. The van der Waals surface area contributed by atoms with E-state index < -0.39 is 4.92 Å². The average molecular weight is 278 g/mol. The minimum Gasteiger partial charge on any atom is -0.338 e. The van der Waals surface area contributed by atoms with Crippen molar-refractivity contribution in [1.82, 2.24) is 10.6 Å². The SMILES string of the molecule is O=C(NCC1CCNCC1)Nc1cccc([N+](=O)[O-])c1. The molecule has 7 nitrogen and oxygen atoms in total. The molecule has 2 rings (SSSR count). The zero-order valence-corrected chi connectivity index (χ0v) is 11.1. The van der Waals surface area contributed by atoms with E-state index >= 15 is 0 Å². The van der Waals surface area contributed by atoms with Crippen molar-refractivity contribution in [3.05, 3.63) is 34.4 Å². The van der Waals surface area contributed by atoms with Gasteiger partial charge in [-0.2, -0.15) is 0 Å². The molecule has 1 heterocycles. The van der Waals surface area contributed by atoms with Gasteiger partial charge in [0.05, 0.1) is 4.92 Å². The highest BCUT2D eigenvalue weighted by Crippen LogP contribution is 2.17. The van der Waals surface area contributed by atoms with Crippen LogP contribution in [0.4, 0.5) is 16.2 Å². The number of nitro benzene ring substituents is 1. The van der Waals surface area contributed by atoms with Gasteiger partial charge in [0, 0.05) is 24.4 Å². The van der Waals surface area contributed by atoms with E-state index in [9.17, 15) is 14.9 Å². The van der Waals surface area contributed by atoms with Crippen LogP contribution >= 0.6 is 0 Å². The number of nitrogens with zero attached hydrogens (tertiary/aromatic N) is 1. The lowest BCUT2D eigenvalue weighted by Gasteiger charge is -2.22. The number of nitro groups is 1. The fourth-order valence-corrected chi connectivity index (χ4v) is 2.20. The number of urea groups is 1. The maximum Gasteiger partial charge on any atom is 0.319 e. The van der Waals surface area contributed by atoms with Gasteiger partial charge in [-0.05, 0) is 37.9 Å². The van der Waals surface area contributed by atoms with Gasteiger partial charge in [-0.1, -0.05) is 6.07 Å². The number of nitrogens with one attached hydrogen (secondary N) is 3. The zero-order chi connectivity index (χ0) is 14.4. The van der Waals surface area contributed by atoms with Crippen molar-refractivity contribution in [2.24, 2.45) is 5.92 Å². The molecule has 20 heavy (non-hydrogen) atoms. The molecule has 0 bridgehead atoms. The topological polar surface area (TPSA) is 96.3 Å². The van der Waals surface area contributed by atoms with Crippen molar-refractivity contribution in [1.29, 1.82) is 0 Å². The first kappa shape index (κ1) is 14.3. The van der Waals surface area contributed by atoms with Gasteiger partial charge in [-0.3, -0.25) is 10.1 Å². The predicted octanol–water partition coefficient (Wildman–Crippen LogP) is 1.72. The summed E-state index contributed by atoms with van der Waals surface area (Å²) in [5.74, 6) is 0.493. The van der Waals surface area contributed by atoms with E-state index in [0.717, 1.165) is 25.9 Å². The first-order chi connectivity index (χ1) is 9.65. The van der Waals surface area contributed by atoms with E-state index in [0.29, 0.717) is 18.2 Å². The quantitative estimate of drug-likeness (QED) is 0.577. The summed E-state index contributed by atoms with van der Waals surface area (Å²) in [5.41, 5.74) is 0.378. The summed E-state index contributed by atoms with van der Waals surface area (Å²) in [6, 6.07) is 5.56. The number of carbonyl (C=O) groups is 1. The fourth-order valence-electron chi connectivity index (χ4n) is 2.20. The van der Waals surface area contributed by atoms with Crippen molar-refractivity contribution in [2.45, 2.75) is 12.8 Å². The molecule has 7 heteroatoms. The van der Waals surface area contributed by atoms with Gasteiger partial charge in [-0.15, -0.1) is 0 Å². The van der Waals surface area contributed by atoms with Crippen molar-refractivity contribution < 1.29 is 9.72 Å². The van der Waals surface area contributed by atoms with Crippen molar-refractivity contribution in [2.75, 3.05) is 25.0 Å². The smallest absolute Gasteiger partial charge is 0.319 e. The first-order valence-electron chi connectivity index (χ1n) is 6.65. The Morgan fingerprint density at radius 2 is 2.15 bits per heavy atom. The Kier molecular flexibility index (Phi) is 4.89. The molecule has 1 aromatic carbocycles. The molecule has 0 saturated carbocycles. The van der Waals surface area contributed by atoms with Crippen molar-refractivity contribution >= 4 is 17.4 Å². The van der Waals surface area contributed by atoms with Gasteiger partial charge in [-0.25, -0.2) is 4.79 Å². The van der Waals surface area contributed by atoms with Gasteiger partial charge < -0.3 is 16.0 Å². The summed E-state index contributed by atoms with van der Waals surface area (Å²) in [6.07, 6.45) is 2.11. The van der Waals surface area contributed by atoms with Crippen molar-refractivity contribution in [3.8, 4) is 0 Å². The molecule has 1 aliphatic rings. The molecule has 0 aliphatic carbocycles. The molecule has 1 aliphatic heterocycles. The molecular weight excluding hydrogens is 260 g/mol. The van der Waals surface area contributed by atoms with Crippen LogP contribution in [-0.2, 0) is 0 Å². The van der Waals surface area contributed by atoms with Crippen LogP contribution in [-0.4, -0.2) is 30.6 Å². The number of rotatable bonds is 4. The molecule has 2 amide bonds. The molecule has 1 aromatic rings. The average Bonchev–Trinajstić information content (AvgIpc) is 2.46.